The number of nitrogens with zero attached hydrogens (tertiary/aromatic N) is 3. The fourth-order valence-corrected chi connectivity index (χ4v) is 9.87. The van der Waals surface area contributed by atoms with Gasteiger partial charge < -0.3 is 40.2 Å². The normalized spacial score (nSPS) is 17.1. The number of carbonyl (C=O) groups excluding carboxylic acids is 7. The minimum absolute atomic E-state index is 0.0382. The summed E-state index contributed by atoms with van der Waals surface area (Å²) in [6.07, 6.45) is 0.806. The van der Waals surface area contributed by atoms with Crippen molar-refractivity contribution in [2.75, 3.05) is 39.3 Å². The predicted molar refractivity (Wildman–Crippen MR) is 261 cm³/mol. The average Bonchev–Trinajstić information content (AvgIpc) is 3.70. The predicted octanol–water partition coefficient (Wildman–Crippen LogP) is 3.45. The zero-order chi connectivity index (χ0) is 52.1. The molecule has 2 aromatic carbocycles. The molecule has 4 heterocycles. The van der Waals surface area contributed by atoms with Crippen LogP contribution in [0.2, 0.25) is 0 Å². The molecule has 2 aromatic heterocycles. The fraction of sp³-hybridized carbons (Fsp3) is 0.491. The third-order valence-corrected chi connectivity index (χ3v) is 13.5. The molecule has 0 unspecified atom stereocenters. The highest BCUT2D eigenvalue weighted by Gasteiger charge is 2.46. The number of aliphatic hydroxyl groups excluding tert-OH is 1. The molecule has 18 nitrogen and oxygen atoms in total. The van der Waals surface area contributed by atoms with Crippen LogP contribution in [-0.2, 0) is 74.6 Å². The average molecular weight is 995 g/mol. The van der Waals surface area contributed by atoms with Crippen molar-refractivity contribution in [1.29, 1.82) is 0 Å². The number of aliphatic hydroxyl groups is 2. The van der Waals surface area contributed by atoms with E-state index in [4.69, 9.17) is 14.5 Å². The van der Waals surface area contributed by atoms with Crippen LogP contribution in [0.25, 0.3) is 22.3 Å². The summed E-state index contributed by atoms with van der Waals surface area (Å²) < 4.78 is 27.4. The van der Waals surface area contributed by atoms with Crippen LogP contribution in [0.5, 0.6) is 0 Å². The number of Topliss-reactive ketones (excluding diaryl/α,β-unsaturated/α-hetero) is 2. The standard InChI is InChI=1S/C53H63FN6O12/c1-6-53(70)38-23-42-48-36(27-60(42)50(68)37(38)29-71-51(53)69)47-40(15-14-35-30(2)39(54)24-41(58-48)46(35)47)57-44(65)28-59(19-20-61)18-10-13-33(62)25-56-49(67)32(21-31-11-8-7-9-12-31)22-34(63)26-55-43(64)16-17-45(66)72-52(3,4)5/h7-9,11-12,23-24,32,40,61,70H,6,10,13-22,25-29H2,1-5H3,(H,55,64)(H,56,67)(H,57,65)/t32-,40+,53+/m1/s1. The molecule has 19 heteroatoms. The molecule has 384 valence electrons. The smallest absolute Gasteiger partial charge is 0.343 e. The minimum Gasteiger partial charge on any atom is -0.460 e. The van der Waals surface area contributed by atoms with E-state index >= 15 is 4.39 Å². The molecule has 0 saturated heterocycles. The van der Waals surface area contributed by atoms with Crippen molar-refractivity contribution in [2.24, 2.45) is 5.92 Å². The van der Waals surface area contributed by atoms with E-state index in [-0.39, 0.29) is 114 Å². The van der Waals surface area contributed by atoms with Gasteiger partial charge in [0.05, 0.1) is 67.7 Å². The molecule has 0 saturated carbocycles. The topological polar surface area (TPSA) is 253 Å². The van der Waals surface area contributed by atoms with Crippen molar-refractivity contribution in [1.82, 2.24) is 30.4 Å². The Morgan fingerprint density at radius 2 is 1.71 bits per heavy atom. The van der Waals surface area contributed by atoms with Gasteiger partial charge >= 0.3 is 11.9 Å². The Balaban J connectivity index is 0.965. The third kappa shape index (κ3) is 12.0. The van der Waals surface area contributed by atoms with Crippen LogP contribution < -0.4 is 21.5 Å². The molecule has 0 radical (unpaired) electrons. The van der Waals surface area contributed by atoms with E-state index in [1.54, 1.807) is 57.7 Å². The SMILES string of the molecule is CC[C@@]1(O)C(=O)OCc2c1cc1n(c2=O)Cc2c-1nc1cc(F)c(C)c3c1c2[C@@H](NC(=O)CN(CCO)CCCC(=O)CNC(=O)[C@@H](CC(=O)CNC(=O)CCC(=O)OC(C)(C)C)Cc1ccccc1)CC3. The number of hydrogen-bond acceptors (Lipinski definition) is 14. The highest BCUT2D eigenvalue weighted by Crippen LogP contribution is 2.46. The van der Waals surface area contributed by atoms with Gasteiger partial charge in [-0.2, -0.15) is 0 Å². The van der Waals surface area contributed by atoms with Gasteiger partial charge in [0.25, 0.3) is 5.56 Å². The van der Waals surface area contributed by atoms with Crippen LogP contribution in [0.4, 0.5) is 4.39 Å². The first-order chi connectivity index (χ1) is 34.2. The van der Waals surface area contributed by atoms with Crippen molar-refractivity contribution in [3.8, 4) is 11.4 Å². The van der Waals surface area contributed by atoms with E-state index in [9.17, 15) is 48.6 Å². The van der Waals surface area contributed by atoms with Crippen molar-refractivity contribution < 1.29 is 57.6 Å². The van der Waals surface area contributed by atoms with Crippen LogP contribution in [0.1, 0.15) is 118 Å². The van der Waals surface area contributed by atoms with E-state index in [0.29, 0.717) is 58.2 Å². The number of nitrogens with one attached hydrogen (secondary N) is 3. The molecule has 1 aliphatic carbocycles. The number of rotatable bonds is 22. The summed E-state index contributed by atoms with van der Waals surface area (Å²) in [4.78, 5) is 111. The second-order valence-corrected chi connectivity index (χ2v) is 19.8. The highest BCUT2D eigenvalue weighted by atomic mass is 19.1. The number of carbonyl (C=O) groups is 7. The van der Waals surface area contributed by atoms with E-state index in [1.165, 1.54) is 10.6 Å². The summed E-state index contributed by atoms with van der Waals surface area (Å²) in [5.41, 5.74) is 1.53. The quantitative estimate of drug-likeness (QED) is 0.0624. The van der Waals surface area contributed by atoms with Gasteiger partial charge in [-0.05, 0) is 94.7 Å². The fourth-order valence-electron chi connectivity index (χ4n) is 9.87. The molecule has 2 aliphatic heterocycles. The van der Waals surface area contributed by atoms with Gasteiger partial charge in [-0.3, -0.25) is 38.5 Å². The third-order valence-electron chi connectivity index (χ3n) is 13.5. The molecule has 3 aliphatic rings. The van der Waals surface area contributed by atoms with Gasteiger partial charge in [0.15, 0.2) is 17.2 Å². The lowest BCUT2D eigenvalue weighted by molar-refractivity contribution is -0.172. The van der Waals surface area contributed by atoms with Crippen LogP contribution in [0.15, 0.2) is 47.3 Å². The van der Waals surface area contributed by atoms with Crippen molar-refractivity contribution in [2.45, 2.75) is 123 Å². The van der Waals surface area contributed by atoms with Crippen LogP contribution >= 0.6 is 0 Å². The first-order valence-corrected chi connectivity index (χ1v) is 24.5. The maximum atomic E-state index is 15.4. The molecule has 3 amide bonds. The van der Waals surface area contributed by atoms with Crippen LogP contribution in [-0.4, -0.2) is 111 Å². The summed E-state index contributed by atoms with van der Waals surface area (Å²) in [7, 11) is 0. The van der Waals surface area contributed by atoms with Gasteiger partial charge in [-0.15, -0.1) is 0 Å². The largest absolute Gasteiger partial charge is 0.460 e. The van der Waals surface area contributed by atoms with E-state index in [0.717, 1.165) is 11.1 Å². The number of fused-ring (bicyclic) bond motifs is 5. The van der Waals surface area contributed by atoms with E-state index in [2.05, 4.69) is 16.0 Å². The lowest BCUT2D eigenvalue weighted by atomic mass is 9.81. The summed E-state index contributed by atoms with van der Waals surface area (Å²) in [5, 5.41) is 30.3. The summed E-state index contributed by atoms with van der Waals surface area (Å²) in [6, 6.07) is 11.4. The van der Waals surface area contributed by atoms with Crippen molar-refractivity contribution in [3.63, 3.8) is 0 Å². The molecule has 0 bridgehead atoms. The first kappa shape index (κ1) is 53.1. The second kappa shape index (κ2) is 22.4. The molecule has 0 fully saturated rings. The lowest BCUT2D eigenvalue weighted by Crippen LogP contribution is -2.44. The number of esters is 2. The Morgan fingerprint density at radius 1 is 0.972 bits per heavy atom. The number of amides is 3. The van der Waals surface area contributed by atoms with Crippen LogP contribution in [0, 0.1) is 18.7 Å². The molecule has 3 atom stereocenters. The van der Waals surface area contributed by atoms with Gasteiger partial charge in [-0.1, -0.05) is 37.3 Å². The summed E-state index contributed by atoms with van der Waals surface area (Å²) in [6.45, 7) is 7.55. The number of cyclic esters (lactones) is 1. The maximum Gasteiger partial charge on any atom is 0.343 e. The molecule has 72 heavy (non-hydrogen) atoms. The number of ether oxygens (including phenoxy) is 2. The Bertz CT molecular complexity index is 2860. The molecular formula is C53H63FN6O12. The number of aryl methyl sites for hydroxylation is 1. The maximum absolute atomic E-state index is 15.4. The minimum atomic E-state index is -2.04. The molecule has 4 aromatic rings. The van der Waals surface area contributed by atoms with Gasteiger partial charge in [-0.25, -0.2) is 14.2 Å². The summed E-state index contributed by atoms with van der Waals surface area (Å²) in [5.74, 6) is -4.78. The highest BCUT2D eigenvalue weighted by molar-refractivity contribution is 5.95. The number of benzene rings is 2. The Hall–Kier alpha value is -6.70. The van der Waals surface area contributed by atoms with Gasteiger partial charge in [0, 0.05) is 54.3 Å². The number of hydrogen-bond donors (Lipinski definition) is 5. The number of aromatic nitrogens is 2. The molecule has 0 spiro atoms. The second-order valence-electron chi connectivity index (χ2n) is 19.8. The molecular weight excluding hydrogens is 932 g/mol. The Kier molecular flexibility index (Phi) is 16.5. The van der Waals surface area contributed by atoms with Crippen molar-refractivity contribution in [3.05, 3.63) is 97.6 Å². The molecule has 7 rings (SSSR count). The van der Waals surface area contributed by atoms with Crippen LogP contribution in [0.3, 0.4) is 0 Å². The van der Waals surface area contributed by atoms with E-state index in [1.807, 2.05) is 18.2 Å². The van der Waals surface area contributed by atoms with Crippen molar-refractivity contribution >= 4 is 52.1 Å². The molecule has 5 N–H and O–H groups in total. The monoisotopic (exact) mass is 994 g/mol. The lowest BCUT2D eigenvalue weighted by Gasteiger charge is -2.31. The summed E-state index contributed by atoms with van der Waals surface area (Å²) >= 11 is 0. The number of pyridine rings is 2. The number of ketones is 2. The van der Waals surface area contributed by atoms with Gasteiger partial charge in [0.1, 0.15) is 18.0 Å². The zero-order valence-electron chi connectivity index (χ0n) is 41.4. The first-order valence-electron chi connectivity index (χ1n) is 24.5. The number of halogens is 1. The van der Waals surface area contributed by atoms with E-state index < -0.39 is 64.1 Å². The Morgan fingerprint density at radius 3 is 2.42 bits per heavy atom. The zero-order valence-corrected chi connectivity index (χ0v) is 41.4. The van der Waals surface area contributed by atoms with Gasteiger partial charge in [0.2, 0.25) is 17.7 Å². The Labute approximate surface area is 416 Å².